The van der Waals surface area contributed by atoms with Gasteiger partial charge in [-0.25, -0.2) is 6.57 Å². The minimum absolute atomic E-state index is 0.340. The van der Waals surface area contributed by atoms with E-state index in [9.17, 15) is 0 Å². The Bertz CT molecular complexity index is 519. The SMILES string of the molecule is [C-]#[N+]Cc1ccc(C2=CCC3(CC2)OCCO3)cc1. The van der Waals surface area contributed by atoms with Crippen LogP contribution < -0.4 is 0 Å². The van der Waals surface area contributed by atoms with Crippen LogP contribution in [-0.4, -0.2) is 19.0 Å². The predicted molar refractivity (Wildman–Crippen MR) is 73.2 cm³/mol. The standard InChI is InChI=1S/C16H17NO2/c1-17-12-13-2-4-14(5-3-13)15-6-8-16(9-7-15)18-10-11-19-16/h2-6H,7-12H2. The highest BCUT2D eigenvalue weighted by molar-refractivity contribution is 5.66. The van der Waals surface area contributed by atoms with E-state index in [1.165, 1.54) is 11.1 Å². The van der Waals surface area contributed by atoms with Gasteiger partial charge in [0.15, 0.2) is 5.79 Å². The molecule has 0 N–H and O–H groups in total. The Hall–Kier alpha value is -1.63. The van der Waals surface area contributed by atoms with Crippen LogP contribution in [0.3, 0.4) is 0 Å². The minimum atomic E-state index is -0.340. The first-order chi connectivity index (χ1) is 9.31. The summed E-state index contributed by atoms with van der Waals surface area (Å²) in [5.74, 6) is -0.340. The maximum absolute atomic E-state index is 6.87. The Labute approximate surface area is 113 Å². The van der Waals surface area contributed by atoms with E-state index in [-0.39, 0.29) is 5.79 Å². The van der Waals surface area contributed by atoms with Crippen molar-refractivity contribution in [3.8, 4) is 0 Å². The smallest absolute Gasteiger partial charge is 0.239 e. The highest BCUT2D eigenvalue weighted by Crippen LogP contribution is 2.38. The fraction of sp³-hybridized carbons (Fsp3) is 0.438. The highest BCUT2D eigenvalue weighted by atomic mass is 16.7. The van der Waals surface area contributed by atoms with Crippen molar-refractivity contribution in [3.05, 3.63) is 52.9 Å². The third-order valence-corrected chi connectivity index (χ3v) is 3.83. The summed E-state index contributed by atoms with van der Waals surface area (Å²) in [4.78, 5) is 3.40. The molecular weight excluding hydrogens is 238 g/mol. The van der Waals surface area contributed by atoms with Gasteiger partial charge in [-0.05, 0) is 17.6 Å². The molecule has 1 aliphatic carbocycles. The second-order valence-electron chi connectivity index (χ2n) is 5.05. The largest absolute Gasteiger partial charge is 0.347 e. The van der Waals surface area contributed by atoms with Crippen LogP contribution in [0.5, 0.6) is 0 Å². The first kappa shape index (κ1) is 12.4. The van der Waals surface area contributed by atoms with Crippen molar-refractivity contribution in [2.24, 2.45) is 0 Å². The summed E-state index contributed by atoms with van der Waals surface area (Å²) < 4.78 is 11.4. The lowest BCUT2D eigenvalue weighted by atomic mass is 9.89. The number of benzene rings is 1. The van der Waals surface area contributed by atoms with Crippen LogP contribution in [0.15, 0.2) is 30.3 Å². The van der Waals surface area contributed by atoms with Crippen molar-refractivity contribution in [3.63, 3.8) is 0 Å². The fourth-order valence-corrected chi connectivity index (χ4v) is 2.74. The quantitative estimate of drug-likeness (QED) is 0.756. The van der Waals surface area contributed by atoms with Gasteiger partial charge in [-0.1, -0.05) is 30.3 Å². The van der Waals surface area contributed by atoms with Crippen molar-refractivity contribution in [2.45, 2.75) is 31.6 Å². The Morgan fingerprint density at radius 1 is 1.16 bits per heavy atom. The molecule has 0 amide bonds. The van der Waals surface area contributed by atoms with Gasteiger partial charge in [-0.15, -0.1) is 0 Å². The van der Waals surface area contributed by atoms with Crippen LogP contribution >= 0.6 is 0 Å². The third kappa shape index (κ3) is 2.56. The van der Waals surface area contributed by atoms with Crippen LogP contribution in [0.25, 0.3) is 10.4 Å². The lowest BCUT2D eigenvalue weighted by Gasteiger charge is -2.30. The highest BCUT2D eigenvalue weighted by Gasteiger charge is 2.37. The van der Waals surface area contributed by atoms with Crippen LogP contribution in [0.4, 0.5) is 0 Å². The predicted octanol–water partition coefficient (Wildman–Crippen LogP) is 3.42. The van der Waals surface area contributed by atoms with E-state index in [1.54, 1.807) is 0 Å². The molecule has 0 bridgehead atoms. The van der Waals surface area contributed by atoms with Crippen LogP contribution in [0.2, 0.25) is 0 Å². The van der Waals surface area contributed by atoms with E-state index < -0.39 is 0 Å². The second-order valence-corrected chi connectivity index (χ2v) is 5.05. The van der Waals surface area contributed by atoms with Gasteiger partial charge < -0.3 is 14.3 Å². The topological polar surface area (TPSA) is 22.8 Å². The van der Waals surface area contributed by atoms with Gasteiger partial charge in [0.2, 0.25) is 6.54 Å². The van der Waals surface area contributed by atoms with Crippen molar-refractivity contribution in [1.82, 2.24) is 0 Å². The number of rotatable bonds is 2. The van der Waals surface area contributed by atoms with E-state index >= 15 is 0 Å². The number of hydrogen-bond donors (Lipinski definition) is 0. The summed E-state index contributed by atoms with van der Waals surface area (Å²) in [6.07, 6.45) is 5.00. The lowest BCUT2D eigenvalue weighted by Crippen LogP contribution is -2.31. The Kier molecular flexibility index (Phi) is 3.37. The maximum Gasteiger partial charge on any atom is 0.239 e. The molecule has 0 aromatic heterocycles. The molecule has 1 saturated heterocycles. The van der Waals surface area contributed by atoms with Gasteiger partial charge in [0.05, 0.1) is 13.2 Å². The Morgan fingerprint density at radius 2 is 1.89 bits per heavy atom. The summed E-state index contributed by atoms with van der Waals surface area (Å²) in [5, 5.41) is 0. The zero-order valence-corrected chi connectivity index (χ0v) is 10.9. The lowest BCUT2D eigenvalue weighted by molar-refractivity contribution is -0.159. The van der Waals surface area contributed by atoms with Crippen molar-refractivity contribution in [2.75, 3.05) is 13.2 Å². The van der Waals surface area contributed by atoms with Gasteiger partial charge in [-0.2, -0.15) is 0 Å². The van der Waals surface area contributed by atoms with Crippen LogP contribution in [-0.2, 0) is 16.0 Å². The molecule has 3 nitrogen and oxygen atoms in total. The van der Waals surface area contributed by atoms with Gasteiger partial charge in [-0.3, -0.25) is 0 Å². The molecule has 19 heavy (non-hydrogen) atoms. The molecular formula is C16H17NO2. The third-order valence-electron chi connectivity index (χ3n) is 3.83. The molecule has 2 aliphatic rings. The average molecular weight is 255 g/mol. The molecule has 1 heterocycles. The van der Waals surface area contributed by atoms with E-state index in [1.807, 2.05) is 12.1 Å². The summed E-state index contributed by atoms with van der Waals surface area (Å²) in [6.45, 7) is 8.76. The summed E-state index contributed by atoms with van der Waals surface area (Å²) in [5.41, 5.74) is 3.69. The van der Waals surface area contributed by atoms with E-state index in [4.69, 9.17) is 16.0 Å². The van der Waals surface area contributed by atoms with Crippen molar-refractivity contribution < 1.29 is 9.47 Å². The molecule has 1 fully saturated rings. The number of hydrogen-bond acceptors (Lipinski definition) is 2. The molecule has 1 spiro atoms. The molecule has 3 rings (SSSR count). The molecule has 0 atom stereocenters. The van der Waals surface area contributed by atoms with Crippen LogP contribution in [0.1, 0.15) is 30.4 Å². The monoisotopic (exact) mass is 255 g/mol. The van der Waals surface area contributed by atoms with Crippen LogP contribution in [0, 0.1) is 6.57 Å². The average Bonchev–Trinajstić information content (AvgIpc) is 2.90. The molecule has 1 aliphatic heterocycles. The van der Waals surface area contributed by atoms with Gasteiger partial charge in [0, 0.05) is 18.4 Å². The normalized spacial score (nSPS) is 21.1. The zero-order valence-electron chi connectivity index (χ0n) is 10.9. The molecule has 0 radical (unpaired) electrons. The first-order valence-corrected chi connectivity index (χ1v) is 6.71. The first-order valence-electron chi connectivity index (χ1n) is 6.71. The number of ether oxygens (including phenoxy) is 2. The second kappa shape index (κ2) is 5.16. The van der Waals surface area contributed by atoms with Gasteiger partial charge >= 0.3 is 0 Å². The van der Waals surface area contributed by atoms with Crippen molar-refractivity contribution in [1.29, 1.82) is 0 Å². The molecule has 0 unspecified atom stereocenters. The van der Waals surface area contributed by atoms with E-state index in [0.29, 0.717) is 19.8 Å². The number of allylic oxidation sites excluding steroid dienone is 1. The number of nitrogens with zero attached hydrogens (tertiary/aromatic N) is 1. The fourth-order valence-electron chi connectivity index (χ4n) is 2.74. The Balaban J connectivity index is 1.73. The molecule has 3 heteroatoms. The van der Waals surface area contributed by atoms with Crippen molar-refractivity contribution >= 4 is 5.57 Å². The summed E-state index contributed by atoms with van der Waals surface area (Å²) >= 11 is 0. The van der Waals surface area contributed by atoms with Gasteiger partial charge in [0.25, 0.3) is 0 Å². The maximum atomic E-state index is 6.87. The molecule has 1 aromatic rings. The molecule has 1 aromatic carbocycles. The molecule has 98 valence electrons. The van der Waals surface area contributed by atoms with E-state index in [0.717, 1.165) is 24.8 Å². The summed E-state index contributed by atoms with van der Waals surface area (Å²) in [7, 11) is 0. The van der Waals surface area contributed by atoms with Gasteiger partial charge in [0.1, 0.15) is 0 Å². The summed E-state index contributed by atoms with van der Waals surface area (Å²) in [6, 6.07) is 8.31. The minimum Gasteiger partial charge on any atom is -0.347 e. The zero-order chi connectivity index (χ0) is 13.1. The van der Waals surface area contributed by atoms with E-state index in [2.05, 4.69) is 23.1 Å². The molecule has 0 saturated carbocycles. The Morgan fingerprint density at radius 3 is 2.47 bits per heavy atom.